The number of benzene rings is 1. The average molecular weight is 346 g/mol. The van der Waals surface area contributed by atoms with Gasteiger partial charge in [0.05, 0.1) is 10.9 Å². The fourth-order valence-electron chi connectivity index (χ4n) is 2.56. The lowest BCUT2D eigenvalue weighted by Gasteiger charge is -2.17. The number of rotatable bonds is 4. The number of urea groups is 1. The number of amides is 3. The lowest BCUT2D eigenvalue weighted by molar-refractivity contribution is -0.126. The maximum Gasteiger partial charge on any atom is 0.324 e. The normalized spacial score (nSPS) is 15.5. The van der Waals surface area contributed by atoms with Gasteiger partial charge in [-0.2, -0.15) is 4.68 Å². The molecule has 1 fully saturated rings. The van der Waals surface area contributed by atoms with Gasteiger partial charge in [0.1, 0.15) is 0 Å². The highest BCUT2D eigenvalue weighted by molar-refractivity contribution is 8.00. The SMILES string of the molecule is Cc1ccc(-n2nnnc2SC(C)C(=O)N2CCNC2=O)c(C)c1. The lowest BCUT2D eigenvalue weighted by Crippen LogP contribution is -2.39. The van der Waals surface area contributed by atoms with Crippen molar-refractivity contribution in [3.63, 3.8) is 0 Å². The van der Waals surface area contributed by atoms with E-state index in [1.165, 1.54) is 16.7 Å². The van der Waals surface area contributed by atoms with E-state index >= 15 is 0 Å². The van der Waals surface area contributed by atoms with Gasteiger partial charge in [0.15, 0.2) is 0 Å². The maximum absolute atomic E-state index is 12.4. The molecular formula is C15H18N6O2S. The number of aromatic nitrogens is 4. The number of carbonyl (C=O) groups is 2. The van der Waals surface area contributed by atoms with Gasteiger partial charge in [-0.3, -0.25) is 9.69 Å². The number of carbonyl (C=O) groups excluding carboxylic acids is 2. The molecular weight excluding hydrogens is 328 g/mol. The Morgan fingerprint density at radius 3 is 2.83 bits per heavy atom. The molecule has 2 heterocycles. The summed E-state index contributed by atoms with van der Waals surface area (Å²) >= 11 is 1.24. The van der Waals surface area contributed by atoms with Crippen LogP contribution in [0.3, 0.4) is 0 Å². The van der Waals surface area contributed by atoms with E-state index in [9.17, 15) is 9.59 Å². The number of nitrogens with one attached hydrogen (secondary N) is 1. The Hall–Kier alpha value is -2.42. The highest BCUT2D eigenvalue weighted by Gasteiger charge is 2.31. The van der Waals surface area contributed by atoms with Crippen molar-refractivity contribution in [3.8, 4) is 5.69 Å². The van der Waals surface area contributed by atoms with Crippen LogP contribution < -0.4 is 5.32 Å². The number of aryl methyl sites for hydroxylation is 2. The van der Waals surface area contributed by atoms with Gasteiger partial charge in [-0.25, -0.2) is 4.79 Å². The van der Waals surface area contributed by atoms with Crippen molar-refractivity contribution >= 4 is 23.7 Å². The summed E-state index contributed by atoms with van der Waals surface area (Å²) in [6, 6.07) is 5.64. The minimum Gasteiger partial charge on any atom is -0.336 e. The summed E-state index contributed by atoms with van der Waals surface area (Å²) in [6.07, 6.45) is 0. The van der Waals surface area contributed by atoms with Crippen LogP contribution in [-0.4, -0.2) is 55.4 Å². The summed E-state index contributed by atoms with van der Waals surface area (Å²) in [5.74, 6) is -0.245. The molecule has 9 heteroatoms. The summed E-state index contributed by atoms with van der Waals surface area (Å²) < 4.78 is 1.62. The van der Waals surface area contributed by atoms with Crippen LogP contribution in [0.5, 0.6) is 0 Å². The van der Waals surface area contributed by atoms with Crippen molar-refractivity contribution in [3.05, 3.63) is 29.3 Å². The van der Waals surface area contributed by atoms with E-state index in [0.29, 0.717) is 18.2 Å². The molecule has 0 bridgehead atoms. The van der Waals surface area contributed by atoms with Crippen molar-refractivity contribution in [2.75, 3.05) is 13.1 Å². The summed E-state index contributed by atoms with van der Waals surface area (Å²) in [5, 5.41) is 14.4. The molecule has 2 aromatic rings. The van der Waals surface area contributed by atoms with Gasteiger partial charge in [0.25, 0.3) is 0 Å². The quantitative estimate of drug-likeness (QED) is 0.839. The van der Waals surface area contributed by atoms with E-state index in [4.69, 9.17) is 0 Å². The zero-order valence-corrected chi connectivity index (χ0v) is 14.5. The lowest BCUT2D eigenvalue weighted by atomic mass is 10.1. The molecule has 0 aliphatic carbocycles. The Bertz CT molecular complexity index is 790. The molecule has 24 heavy (non-hydrogen) atoms. The van der Waals surface area contributed by atoms with Crippen molar-refractivity contribution in [1.29, 1.82) is 0 Å². The first-order chi connectivity index (χ1) is 11.5. The molecule has 126 valence electrons. The topological polar surface area (TPSA) is 93.0 Å². The fraction of sp³-hybridized carbons (Fsp3) is 0.400. The van der Waals surface area contributed by atoms with E-state index in [1.807, 2.05) is 26.0 Å². The monoisotopic (exact) mass is 346 g/mol. The third kappa shape index (κ3) is 3.12. The van der Waals surface area contributed by atoms with E-state index in [-0.39, 0.29) is 11.9 Å². The number of imide groups is 1. The van der Waals surface area contributed by atoms with Crippen LogP contribution in [-0.2, 0) is 4.79 Å². The molecule has 0 radical (unpaired) electrons. The highest BCUT2D eigenvalue weighted by Crippen LogP contribution is 2.26. The Morgan fingerprint density at radius 1 is 1.38 bits per heavy atom. The summed E-state index contributed by atoms with van der Waals surface area (Å²) in [6.45, 7) is 6.64. The van der Waals surface area contributed by atoms with Crippen molar-refractivity contribution in [2.45, 2.75) is 31.2 Å². The largest absolute Gasteiger partial charge is 0.336 e. The molecule has 1 aromatic carbocycles. The van der Waals surface area contributed by atoms with Crippen LogP contribution in [0.2, 0.25) is 0 Å². The van der Waals surface area contributed by atoms with Gasteiger partial charge >= 0.3 is 6.03 Å². The molecule has 1 saturated heterocycles. The molecule has 1 unspecified atom stereocenters. The zero-order valence-electron chi connectivity index (χ0n) is 13.7. The van der Waals surface area contributed by atoms with Gasteiger partial charge in [-0.05, 0) is 42.8 Å². The highest BCUT2D eigenvalue weighted by atomic mass is 32.2. The fourth-order valence-corrected chi connectivity index (χ4v) is 3.42. The Labute approximate surface area is 143 Å². The molecule has 1 aliphatic heterocycles. The number of thioether (sulfide) groups is 1. The second-order valence-electron chi connectivity index (χ2n) is 5.65. The Morgan fingerprint density at radius 2 is 2.17 bits per heavy atom. The number of tetrazole rings is 1. The van der Waals surface area contributed by atoms with Crippen molar-refractivity contribution in [1.82, 2.24) is 30.4 Å². The molecule has 3 rings (SSSR count). The molecule has 0 saturated carbocycles. The van der Waals surface area contributed by atoms with Crippen molar-refractivity contribution < 1.29 is 9.59 Å². The Kier molecular flexibility index (Phi) is 4.52. The predicted octanol–water partition coefficient (Wildman–Crippen LogP) is 1.31. The van der Waals surface area contributed by atoms with E-state index in [0.717, 1.165) is 16.8 Å². The van der Waals surface area contributed by atoms with Gasteiger partial charge in [0, 0.05) is 13.1 Å². The summed E-state index contributed by atoms with van der Waals surface area (Å²) in [4.78, 5) is 25.3. The molecule has 1 atom stereocenters. The van der Waals surface area contributed by atoms with Crippen LogP contribution in [0.25, 0.3) is 5.69 Å². The van der Waals surface area contributed by atoms with Crippen LogP contribution in [0.4, 0.5) is 4.79 Å². The summed E-state index contributed by atoms with van der Waals surface area (Å²) in [5.41, 5.74) is 3.07. The first kappa shape index (κ1) is 16.4. The molecule has 3 amide bonds. The van der Waals surface area contributed by atoms with Crippen molar-refractivity contribution in [2.24, 2.45) is 0 Å². The van der Waals surface area contributed by atoms with Crippen LogP contribution in [0.1, 0.15) is 18.1 Å². The first-order valence-corrected chi connectivity index (χ1v) is 8.47. The standard InChI is InChI=1S/C15H18N6O2S/c1-9-4-5-12(10(2)8-9)21-15(17-18-19-21)24-11(3)13(22)20-7-6-16-14(20)23/h4-5,8,11H,6-7H2,1-3H3,(H,16,23). The van der Waals surface area contributed by atoms with Crippen LogP contribution in [0, 0.1) is 13.8 Å². The molecule has 1 aromatic heterocycles. The Balaban J connectivity index is 1.80. The zero-order chi connectivity index (χ0) is 17.3. The molecule has 8 nitrogen and oxygen atoms in total. The number of hydrogen-bond acceptors (Lipinski definition) is 6. The third-order valence-corrected chi connectivity index (χ3v) is 4.79. The van der Waals surface area contributed by atoms with Gasteiger partial charge in [-0.15, -0.1) is 5.10 Å². The molecule has 1 aliphatic rings. The van der Waals surface area contributed by atoms with E-state index < -0.39 is 5.25 Å². The van der Waals surface area contributed by atoms with E-state index in [2.05, 4.69) is 26.9 Å². The van der Waals surface area contributed by atoms with Gasteiger partial charge < -0.3 is 5.32 Å². The average Bonchev–Trinajstić information content (AvgIpc) is 3.15. The first-order valence-electron chi connectivity index (χ1n) is 7.59. The third-order valence-electron chi connectivity index (χ3n) is 3.77. The maximum atomic E-state index is 12.4. The second-order valence-corrected chi connectivity index (χ2v) is 6.95. The van der Waals surface area contributed by atoms with Gasteiger partial charge in [0.2, 0.25) is 11.1 Å². The number of hydrogen-bond donors (Lipinski definition) is 1. The predicted molar refractivity (Wildman–Crippen MR) is 89.1 cm³/mol. The van der Waals surface area contributed by atoms with Gasteiger partial charge in [-0.1, -0.05) is 29.5 Å². The molecule has 1 N–H and O–H groups in total. The number of nitrogens with zero attached hydrogens (tertiary/aromatic N) is 5. The molecule has 0 spiro atoms. The minimum absolute atomic E-state index is 0.245. The summed E-state index contributed by atoms with van der Waals surface area (Å²) in [7, 11) is 0. The smallest absolute Gasteiger partial charge is 0.324 e. The van der Waals surface area contributed by atoms with Crippen LogP contribution in [0.15, 0.2) is 23.4 Å². The van der Waals surface area contributed by atoms with Crippen LogP contribution >= 0.6 is 11.8 Å². The second kappa shape index (κ2) is 6.60. The van der Waals surface area contributed by atoms with E-state index in [1.54, 1.807) is 11.6 Å². The minimum atomic E-state index is -0.468.